The monoisotopic (exact) mass is 353 g/mol. The number of nitrogens with zero attached hydrogens (tertiary/aromatic N) is 2. The molecule has 0 aliphatic rings. The number of thiophene rings is 1. The minimum absolute atomic E-state index is 0.825. The molecule has 0 spiro atoms. The van der Waals surface area contributed by atoms with E-state index in [9.17, 15) is 0 Å². The van der Waals surface area contributed by atoms with E-state index in [-0.39, 0.29) is 0 Å². The Kier molecular flexibility index (Phi) is 5.16. The van der Waals surface area contributed by atoms with Crippen LogP contribution in [-0.2, 0) is 6.42 Å². The Morgan fingerprint density at radius 2 is 2.00 bits per heavy atom. The van der Waals surface area contributed by atoms with Crippen molar-refractivity contribution in [3.05, 3.63) is 26.0 Å². The number of aromatic nitrogens is 2. The molecule has 0 aliphatic carbocycles. The van der Waals surface area contributed by atoms with Gasteiger partial charge in [0.05, 0.1) is 10.2 Å². The van der Waals surface area contributed by atoms with Gasteiger partial charge in [-0.15, -0.1) is 11.3 Å². The molecule has 1 N–H and O–H groups in total. The maximum Gasteiger partial charge on any atom is 0.162 e. The van der Waals surface area contributed by atoms with Crippen LogP contribution in [-0.4, -0.2) is 16.5 Å². The molecule has 0 radical (unpaired) electrons. The summed E-state index contributed by atoms with van der Waals surface area (Å²) in [6, 6.07) is 2.17. The number of halogens is 1. The maximum atomic E-state index is 4.71. The first-order valence-corrected chi connectivity index (χ1v) is 8.55. The van der Waals surface area contributed by atoms with Crippen molar-refractivity contribution in [1.29, 1.82) is 0 Å². The summed E-state index contributed by atoms with van der Waals surface area (Å²) in [5.74, 6) is 1.72. The average Bonchev–Trinajstić information content (AvgIpc) is 2.76. The van der Waals surface area contributed by atoms with Crippen LogP contribution < -0.4 is 5.32 Å². The van der Waals surface area contributed by atoms with Gasteiger partial charge >= 0.3 is 0 Å². The standard InChI is InChI=1S/C15H20BrN3S/c1-5-7-17-15-13(16)12(6-2)18-14(19-15)11-8-9(3)20-10(11)4/h8H,5-7H2,1-4H3,(H,17,18,19). The van der Waals surface area contributed by atoms with Crippen LogP contribution in [0.1, 0.15) is 35.7 Å². The zero-order chi connectivity index (χ0) is 14.7. The van der Waals surface area contributed by atoms with E-state index in [0.717, 1.165) is 46.8 Å². The van der Waals surface area contributed by atoms with Gasteiger partial charge in [0, 0.05) is 21.9 Å². The van der Waals surface area contributed by atoms with Gasteiger partial charge in [-0.05, 0) is 48.7 Å². The zero-order valence-electron chi connectivity index (χ0n) is 12.4. The molecule has 0 amide bonds. The predicted octanol–water partition coefficient (Wildman–Crippen LogP) is 4.97. The molecule has 108 valence electrons. The third-order valence-electron chi connectivity index (χ3n) is 3.08. The quantitative estimate of drug-likeness (QED) is 0.824. The highest BCUT2D eigenvalue weighted by Crippen LogP contribution is 2.32. The third kappa shape index (κ3) is 3.20. The number of nitrogens with one attached hydrogen (secondary N) is 1. The second-order valence-corrected chi connectivity index (χ2v) is 7.02. The summed E-state index contributed by atoms with van der Waals surface area (Å²) in [5.41, 5.74) is 2.20. The molecule has 0 aliphatic heterocycles. The molecule has 0 unspecified atom stereocenters. The Balaban J connectivity index is 2.50. The molecule has 2 rings (SSSR count). The van der Waals surface area contributed by atoms with Gasteiger partial charge in [-0.1, -0.05) is 13.8 Å². The Labute approximate surface area is 133 Å². The van der Waals surface area contributed by atoms with Crippen LogP contribution in [0.4, 0.5) is 5.82 Å². The molecule has 3 nitrogen and oxygen atoms in total. The molecule has 20 heavy (non-hydrogen) atoms. The topological polar surface area (TPSA) is 37.8 Å². The van der Waals surface area contributed by atoms with Crippen molar-refractivity contribution in [2.45, 2.75) is 40.5 Å². The lowest BCUT2D eigenvalue weighted by Crippen LogP contribution is -2.07. The normalized spacial score (nSPS) is 10.8. The molecule has 2 heterocycles. The second kappa shape index (κ2) is 6.68. The fourth-order valence-electron chi connectivity index (χ4n) is 2.06. The fourth-order valence-corrected chi connectivity index (χ4v) is 3.58. The first-order chi connectivity index (χ1) is 9.56. The highest BCUT2D eigenvalue weighted by molar-refractivity contribution is 9.10. The SMILES string of the molecule is CCCNc1nc(-c2cc(C)sc2C)nc(CC)c1Br. The lowest BCUT2D eigenvalue weighted by molar-refractivity contribution is 0.944. The lowest BCUT2D eigenvalue weighted by Gasteiger charge is -2.11. The molecular weight excluding hydrogens is 334 g/mol. The summed E-state index contributed by atoms with van der Waals surface area (Å²) in [7, 11) is 0. The van der Waals surface area contributed by atoms with Crippen molar-refractivity contribution in [2.24, 2.45) is 0 Å². The highest BCUT2D eigenvalue weighted by atomic mass is 79.9. The zero-order valence-corrected chi connectivity index (χ0v) is 14.8. The van der Waals surface area contributed by atoms with E-state index >= 15 is 0 Å². The van der Waals surface area contributed by atoms with E-state index in [1.807, 2.05) is 0 Å². The van der Waals surface area contributed by atoms with Gasteiger partial charge in [-0.25, -0.2) is 9.97 Å². The Bertz CT molecular complexity index is 607. The number of aryl methyl sites for hydroxylation is 3. The first kappa shape index (κ1) is 15.4. The maximum absolute atomic E-state index is 4.71. The van der Waals surface area contributed by atoms with Crippen molar-refractivity contribution in [1.82, 2.24) is 9.97 Å². The van der Waals surface area contributed by atoms with Gasteiger partial charge < -0.3 is 5.32 Å². The van der Waals surface area contributed by atoms with Gasteiger partial charge in [0.25, 0.3) is 0 Å². The van der Waals surface area contributed by atoms with E-state index in [1.54, 1.807) is 11.3 Å². The van der Waals surface area contributed by atoms with Crippen molar-refractivity contribution < 1.29 is 0 Å². The van der Waals surface area contributed by atoms with E-state index in [1.165, 1.54) is 9.75 Å². The van der Waals surface area contributed by atoms with Gasteiger partial charge in [0.15, 0.2) is 5.82 Å². The van der Waals surface area contributed by atoms with Crippen LogP contribution in [0.3, 0.4) is 0 Å². The average molecular weight is 354 g/mol. The molecule has 5 heteroatoms. The summed E-state index contributed by atoms with van der Waals surface area (Å²) >= 11 is 5.41. The van der Waals surface area contributed by atoms with Gasteiger partial charge in [-0.2, -0.15) is 0 Å². The van der Waals surface area contributed by atoms with Crippen molar-refractivity contribution in [2.75, 3.05) is 11.9 Å². The molecule has 0 saturated carbocycles. The summed E-state index contributed by atoms with van der Waals surface area (Å²) in [6.07, 6.45) is 1.96. The van der Waals surface area contributed by atoms with E-state index in [2.05, 4.69) is 55.0 Å². The van der Waals surface area contributed by atoms with Crippen LogP contribution in [0.25, 0.3) is 11.4 Å². The molecule has 2 aromatic rings. The summed E-state index contributed by atoms with van der Waals surface area (Å²) in [6.45, 7) is 9.43. The Hall–Kier alpha value is -0.940. The van der Waals surface area contributed by atoms with Gasteiger partial charge in [-0.3, -0.25) is 0 Å². The van der Waals surface area contributed by atoms with E-state index in [4.69, 9.17) is 9.97 Å². The summed E-state index contributed by atoms with van der Waals surface area (Å²) < 4.78 is 0.988. The fraction of sp³-hybridized carbons (Fsp3) is 0.467. The van der Waals surface area contributed by atoms with Crippen LogP contribution in [0.15, 0.2) is 10.5 Å². The molecular formula is C15H20BrN3S. The number of hydrogen-bond acceptors (Lipinski definition) is 4. The minimum atomic E-state index is 0.825. The largest absolute Gasteiger partial charge is 0.369 e. The smallest absolute Gasteiger partial charge is 0.162 e. The number of rotatable bonds is 5. The highest BCUT2D eigenvalue weighted by Gasteiger charge is 2.14. The molecule has 0 aromatic carbocycles. The van der Waals surface area contributed by atoms with Gasteiger partial charge in [0.1, 0.15) is 5.82 Å². The third-order valence-corrected chi connectivity index (χ3v) is 4.88. The molecule has 0 saturated heterocycles. The van der Waals surface area contributed by atoms with Crippen LogP contribution >= 0.6 is 27.3 Å². The van der Waals surface area contributed by atoms with Crippen LogP contribution in [0.5, 0.6) is 0 Å². The predicted molar refractivity (Wildman–Crippen MR) is 90.7 cm³/mol. The van der Waals surface area contributed by atoms with Crippen molar-refractivity contribution in [3.63, 3.8) is 0 Å². The second-order valence-electron chi connectivity index (χ2n) is 4.76. The number of anilines is 1. The lowest BCUT2D eigenvalue weighted by atomic mass is 10.2. The molecule has 2 aromatic heterocycles. The summed E-state index contributed by atoms with van der Waals surface area (Å²) in [4.78, 5) is 12.0. The minimum Gasteiger partial charge on any atom is -0.369 e. The molecule has 0 bridgehead atoms. The van der Waals surface area contributed by atoms with Gasteiger partial charge in [0.2, 0.25) is 0 Å². The van der Waals surface area contributed by atoms with Crippen molar-refractivity contribution in [3.8, 4) is 11.4 Å². The number of hydrogen-bond donors (Lipinski definition) is 1. The Morgan fingerprint density at radius 3 is 2.55 bits per heavy atom. The summed E-state index contributed by atoms with van der Waals surface area (Å²) in [5, 5.41) is 3.38. The van der Waals surface area contributed by atoms with Crippen molar-refractivity contribution >= 4 is 33.1 Å². The van der Waals surface area contributed by atoms with E-state index < -0.39 is 0 Å². The van der Waals surface area contributed by atoms with Crippen LogP contribution in [0, 0.1) is 13.8 Å². The van der Waals surface area contributed by atoms with Crippen LogP contribution in [0.2, 0.25) is 0 Å². The molecule has 0 atom stereocenters. The molecule has 0 fully saturated rings. The Morgan fingerprint density at radius 1 is 1.25 bits per heavy atom. The first-order valence-electron chi connectivity index (χ1n) is 6.94. The van der Waals surface area contributed by atoms with E-state index in [0.29, 0.717) is 0 Å².